The van der Waals surface area contributed by atoms with Gasteiger partial charge in [-0.1, -0.05) is 36.4 Å². The van der Waals surface area contributed by atoms with Crippen LogP contribution in [0, 0.1) is 0 Å². The topological polar surface area (TPSA) is 47.8 Å². The molecule has 0 saturated heterocycles. The van der Waals surface area contributed by atoms with Gasteiger partial charge in [0.05, 0.1) is 22.6 Å². The van der Waals surface area contributed by atoms with E-state index in [-0.39, 0.29) is 5.56 Å². The Morgan fingerprint density at radius 3 is 2.76 bits per heavy atom. The van der Waals surface area contributed by atoms with Gasteiger partial charge in [0.25, 0.3) is 5.56 Å². The summed E-state index contributed by atoms with van der Waals surface area (Å²) >= 11 is 1.52. The van der Waals surface area contributed by atoms with Crippen molar-refractivity contribution in [2.24, 2.45) is 0 Å². The number of hydrogen-bond acceptors (Lipinski definition) is 4. The lowest BCUT2D eigenvalue weighted by Gasteiger charge is -2.05. The number of aromatic nitrogens is 3. The van der Waals surface area contributed by atoms with Crippen molar-refractivity contribution in [1.29, 1.82) is 0 Å². The summed E-state index contributed by atoms with van der Waals surface area (Å²) in [5.74, 6) is 0. The van der Waals surface area contributed by atoms with Crippen LogP contribution >= 0.6 is 11.3 Å². The Hall–Kier alpha value is -2.53. The predicted octanol–water partition coefficient (Wildman–Crippen LogP) is 3.22. The molecule has 0 spiro atoms. The van der Waals surface area contributed by atoms with Crippen LogP contribution in [-0.2, 0) is 6.54 Å². The first-order valence-electron chi connectivity index (χ1n) is 6.48. The molecule has 21 heavy (non-hydrogen) atoms. The Labute approximate surface area is 126 Å². The maximum Gasteiger partial charge on any atom is 0.267 e. The second-order valence-electron chi connectivity index (χ2n) is 4.42. The molecule has 0 radical (unpaired) electrons. The Morgan fingerprint density at radius 1 is 1.19 bits per heavy atom. The summed E-state index contributed by atoms with van der Waals surface area (Å²) in [4.78, 5) is 17.1. The molecule has 0 atom stereocenters. The third kappa shape index (κ3) is 2.68. The van der Waals surface area contributed by atoms with Crippen LogP contribution in [0.5, 0.6) is 0 Å². The van der Waals surface area contributed by atoms with Crippen LogP contribution in [0.4, 0.5) is 0 Å². The molecule has 0 aliphatic heterocycles. The van der Waals surface area contributed by atoms with Crippen molar-refractivity contribution >= 4 is 11.3 Å². The lowest BCUT2D eigenvalue weighted by molar-refractivity contribution is 0.656. The smallest absolute Gasteiger partial charge is 0.267 e. The third-order valence-corrected chi connectivity index (χ3v) is 3.86. The molecule has 3 rings (SSSR count). The standard InChI is InChI=1S/C16H13N3OS/c1-2-10-19-14(20)9-8-13(18-19)16-15(17-11-21-16)12-6-4-3-5-7-12/h2-9,11H,1,10H2. The van der Waals surface area contributed by atoms with Crippen LogP contribution in [0.1, 0.15) is 0 Å². The zero-order chi connectivity index (χ0) is 14.7. The van der Waals surface area contributed by atoms with Crippen LogP contribution in [0.25, 0.3) is 21.8 Å². The minimum absolute atomic E-state index is 0.135. The zero-order valence-corrected chi connectivity index (χ0v) is 12.1. The summed E-state index contributed by atoms with van der Waals surface area (Å²) in [5.41, 5.74) is 4.33. The largest absolute Gasteiger partial charge is 0.268 e. The molecule has 4 nitrogen and oxygen atoms in total. The van der Waals surface area contributed by atoms with Gasteiger partial charge in [0.2, 0.25) is 0 Å². The Bertz CT molecular complexity index is 821. The molecule has 2 aromatic heterocycles. The van der Waals surface area contributed by atoms with E-state index in [4.69, 9.17) is 0 Å². The number of rotatable bonds is 4. The fourth-order valence-corrected chi connectivity index (χ4v) is 2.83. The van der Waals surface area contributed by atoms with E-state index in [0.717, 1.165) is 21.8 Å². The van der Waals surface area contributed by atoms with E-state index in [2.05, 4.69) is 16.7 Å². The molecule has 0 bridgehead atoms. The van der Waals surface area contributed by atoms with Crippen molar-refractivity contribution in [1.82, 2.24) is 14.8 Å². The number of thiazole rings is 1. The molecule has 0 aliphatic rings. The van der Waals surface area contributed by atoms with Gasteiger partial charge in [0.1, 0.15) is 5.69 Å². The molecule has 0 unspecified atom stereocenters. The van der Waals surface area contributed by atoms with E-state index in [0.29, 0.717) is 6.54 Å². The number of benzene rings is 1. The molecule has 0 aliphatic carbocycles. The average molecular weight is 295 g/mol. The fraction of sp³-hybridized carbons (Fsp3) is 0.0625. The highest BCUT2D eigenvalue weighted by molar-refractivity contribution is 7.13. The van der Waals surface area contributed by atoms with Crippen molar-refractivity contribution in [3.05, 3.63) is 71.0 Å². The summed E-state index contributed by atoms with van der Waals surface area (Å²) in [5, 5.41) is 4.39. The van der Waals surface area contributed by atoms with Crippen molar-refractivity contribution in [2.45, 2.75) is 6.54 Å². The van der Waals surface area contributed by atoms with Crippen LogP contribution in [0.3, 0.4) is 0 Å². The Kier molecular flexibility index (Phi) is 3.75. The minimum atomic E-state index is -0.135. The van der Waals surface area contributed by atoms with Crippen LogP contribution in [0.2, 0.25) is 0 Å². The molecule has 0 fully saturated rings. The van der Waals surface area contributed by atoms with Gasteiger partial charge in [0, 0.05) is 11.6 Å². The third-order valence-electron chi connectivity index (χ3n) is 3.02. The van der Waals surface area contributed by atoms with Crippen LogP contribution < -0.4 is 5.56 Å². The Balaban J connectivity index is 2.10. The molecule has 0 N–H and O–H groups in total. The van der Waals surface area contributed by atoms with E-state index in [1.807, 2.05) is 30.3 Å². The first-order valence-corrected chi connectivity index (χ1v) is 7.36. The zero-order valence-electron chi connectivity index (χ0n) is 11.3. The minimum Gasteiger partial charge on any atom is -0.268 e. The summed E-state index contributed by atoms with van der Waals surface area (Å²) in [6, 6.07) is 13.2. The Morgan fingerprint density at radius 2 is 2.00 bits per heavy atom. The maximum absolute atomic E-state index is 11.7. The van der Waals surface area contributed by atoms with Crippen molar-refractivity contribution in [3.8, 4) is 21.8 Å². The van der Waals surface area contributed by atoms with E-state index in [1.165, 1.54) is 22.1 Å². The van der Waals surface area contributed by atoms with Crippen LogP contribution in [0.15, 0.2) is 65.4 Å². The van der Waals surface area contributed by atoms with E-state index in [1.54, 1.807) is 17.7 Å². The molecule has 3 aromatic rings. The quantitative estimate of drug-likeness (QED) is 0.694. The molecular weight excluding hydrogens is 282 g/mol. The highest BCUT2D eigenvalue weighted by Crippen LogP contribution is 2.32. The van der Waals surface area contributed by atoms with Gasteiger partial charge < -0.3 is 0 Å². The van der Waals surface area contributed by atoms with Gasteiger partial charge in [-0.05, 0) is 6.07 Å². The highest BCUT2D eigenvalue weighted by Gasteiger charge is 2.12. The second kappa shape index (κ2) is 5.85. The molecule has 0 saturated carbocycles. The van der Waals surface area contributed by atoms with E-state index < -0.39 is 0 Å². The van der Waals surface area contributed by atoms with Crippen molar-refractivity contribution < 1.29 is 0 Å². The molecule has 104 valence electrons. The SMILES string of the molecule is C=CCn1nc(-c2scnc2-c2ccccc2)ccc1=O. The van der Waals surface area contributed by atoms with Gasteiger partial charge >= 0.3 is 0 Å². The molecule has 2 heterocycles. The van der Waals surface area contributed by atoms with Crippen molar-refractivity contribution in [2.75, 3.05) is 0 Å². The summed E-state index contributed by atoms with van der Waals surface area (Å²) in [7, 11) is 0. The predicted molar refractivity (Wildman–Crippen MR) is 85.2 cm³/mol. The molecule has 1 aromatic carbocycles. The van der Waals surface area contributed by atoms with Crippen molar-refractivity contribution in [3.63, 3.8) is 0 Å². The highest BCUT2D eigenvalue weighted by atomic mass is 32.1. The van der Waals surface area contributed by atoms with E-state index >= 15 is 0 Å². The monoisotopic (exact) mass is 295 g/mol. The second-order valence-corrected chi connectivity index (χ2v) is 5.28. The van der Waals surface area contributed by atoms with Gasteiger partial charge in [-0.2, -0.15) is 5.10 Å². The molecule has 5 heteroatoms. The number of nitrogens with zero attached hydrogens (tertiary/aromatic N) is 3. The van der Waals surface area contributed by atoms with E-state index in [9.17, 15) is 4.79 Å². The van der Waals surface area contributed by atoms with Crippen LogP contribution in [-0.4, -0.2) is 14.8 Å². The lowest BCUT2D eigenvalue weighted by Crippen LogP contribution is -2.21. The fourth-order valence-electron chi connectivity index (χ4n) is 2.05. The maximum atomic E-state index is 11.7. The lowest BCUT2D eigenvalue weighted by atomic mass is 10.1. The summed E-state index contributed by atoms with van der Waals surface area (Å²) in [6.07, 6.45) is 1.66. The average Bonchev–Trinajstić information content (AvgIpc) is 3.00. The first-order chi connectivity index (χ1) is 10.3. The summed E-state index contributed by atoms with van der Waals surface area (Å²) in [6.45, 7) is 4.04. The number of allylic oxidation sites excluding steroid dienone is 1. The molecule has 0 amide bonds. The van der Waals surface area contributed by atoms with Gasteiger partial charge in [-0.25, -0.2) is 9.67 Å². The number of hydrogen-bond donors (Lipinski definition) is 0. The summed E-state index contributed by atoms with van der Waals surface area (Å²) < 4.78 is 1.40. The van der Waals surface area contributed by atoms with Gasteiger partial charge in [-0.15, -0.1) is 17.9 Å². The van der Waals surface area contributed by atoms with Gasteiger partial charge in [-0.3, -0.25) is 4.79 Å². The first kappa shape index (κ1) is 13.5. The normalized spacial score (nSPS) is 10.5. The van der Waals surface area contributed by atoms with Gasteiger partial charge in [0.15, 0.2) is 0 Å². The molecular formula is C16H13N3OS.